The molecule has 2 atom stereocenters. The predicted octanol–water partition coefficient (Wildman–Crippen LogP) is 2.63. The van der Waals surface area contributed by atoms with Gasteiger partial charge in [-0.1, -0.05) is 37.6 Å². The zero-order valence-corrected chi connectivity index (χ0v) is 11.8. The molecule has 0 bridgehead atoms. The van der Waals surface area contributed by atoms with Gasteiger partial charge in [0.1, 0.15) is 0 Å². The number of aliphatic hydroxyl groups excluding tert-OH is 1. The summed E-state index contributed by atoms with van der Waals surface area (Å²) in [6, 6.07) is 7.30. The molecule has 2 N–H and O–H groups in total. The molecule has 1 fully saturated rings. The molecule has 1 amide bonds. The van der Waals surface area contributed by atoms with Crippen molar-refractivity contribution in [2.45, 2.75) is 32.4 Å². The van der Waals surface area contributed by atoms with Crippen LogP contribution < -0.4 is 5.32 Å². The van der Waals surface area contributed by atoms with Gasteiger partial charge in [0, 0.05) is 22.6 Å². The Kier molecular flexibility index (Phi) is 3.97. The Labute approximate surface area is 118 Å². The first-order chi connectivity index (χ1) is 8.89. The van der Waals surface area contributed by atoms with Crippen molar-refractivity contribution in [3.05, 3.63) is 40.9 Å². The summed E-state index contributed by atoms with van der Waals surface area (Å²) >= 11 is 5.79. The van der Waals surface area contributed by atoms with Crippen molar-refractivity contribution in [1.82, 2.24) is 5.32 Å². The average Bonchev–Trinajstić information content (AvgIpc) is 2.38. The van der Waals surface area contributed by atoms with Crippen molar-refractivity contribution in [2.24, 2.45) is 5.41 Å². The second kappa shape index (κ2) is 5.35. The molecule has 1 aromatic rings. The summed E-state index contributed by atoms with van der Waals surface area (Å²) in [7, 11) is 0. The first-order valence-electron chi connectivity index (χ1n) is 6.32. The molecule has 0 aromatic heterocycles. The summed E-state index contributed by atoms with van der Waals surface area (Å²) in [4.78, 5) is 11.8. The molecule has 0 aliphatic heterocycles. The molecule has 4 heteroatoms. The Morgan fingerprint density at radius 2 is 2.05 bits per heavy atom. The number of benzene rings is 1. The SMILES string of the molecule is CC1(C)C(O)CC1NC(=O)/C=C/c1ccc(Cl)cc1. The van der Waals surface area contributed by atoms with Gasteiger partial charge < -0.3 is 10.4 Å². The van der Waals surface area contributed by atoms with Gasteiger partial charge in [-0.25, -0.2) is 0 Å². The summed E-state index contributed by atoms with van der Waals surface area (Å²) < 4.78 is 0. The largest absolute Gasteiger partial charge is 0.392 e. The van der Waals surface area contributed by atoms with E-state index in [1.54, 1.807) is 18.2 Å². The quantitative estimate of drug-likeness (QED) is 0.836. The highest BCUT2D eigenvalue weighted by atomic mass is 35.5. The maximum atomic E-state index is 11.8. The maximum absolute atomic E-state index is 11.8. The van der Waals surface area contributed by atoms with Gasteiger partial charge in [0.2, 0.25) is 5.91 Å². The highest BCUT2D eigenvalue weighted by Gasteiger charge is 2.47. The Bertz CT molecular complexity index is 493. The van der Waals surface area contributed by atoms with Crippen molar-refractivity contribution in [3.63, 3.8) is 0 Å². The van der Waals surface area contributed by atoms with E-state index < -0.39 is 0 Å². The molecular formula is C15H18ClNO2. The molecule has 1 aromatic carbocycles. The Morgan fingerprint density at radius 1 is 1.42 bits per heavy atom. The standard InChI is InChI=1S/C15H18ClNO2/c1-15(2)12(9-13(15)18)17-14(19)8-5-10-3-6-11(16)7-4-10/h3-8,12-13,18H,9H2,1-2H3,(H,17,19)/b8-5+. The fourth-order valence-corrected chi connectivity index (χ4v) is 2.24. The van der Waals surface area contributed by atoms with Gasteiger partial charge in [0.05, 0.1) is 6.10 Å². The fourth-order valence-electron chi connectivity index (χ4n) is 2.11. The van der Waals surface area contributed by atoms with Gasteiger partial charge in [-0.2, -0.15) is 0 Å². The lowest BCUT2D eigenvalue weighted by Gasteiger charge is -2.49. The summed E-state index contributed by atoms with van der Waals surface area (Å²) in [5.74, 6) is -0.139. The van der Waals surface area contributed by atoms with Crippen molar-refractivity contribution in [1.29, 1.82) is 0 Å². The zero-order valence-electron chi connectivity index (χ0n) is 11.1. The molecular weight excluding hydrogens is 262 g/mol. The highest BCUT2D eigenvalue weighted by Crippen LogP contribution is 2.40. The van der Waals surface area contributed by atoms with E-state index >= 15 is 0 Å². The molecule has 0 radical (unpaired) electrons. The van der Waals surface area contributed by atoms with Crippen molar-refractivity contribution in [3.8, 4) is 0 Å². The third-order valence-corrected chi connectivity index (χ3v) is 4.08. The second-order valence-corrected chi connectivity index (χ2v) is 5.96. The topological polar surface area (TPSA) is 49.3 Å². The number of nitrogens with one attached hydrogen (secondary N) is 1. The van der Waals surface area contributed by atoms with Gasteiger partial charge >= 0.3 is 0 Å². The Morgan fingerprint density at radius 3 is 2.58 bits per heavy atom. The second-order valence-electron chi connectivity index (χ2n) is 5.52. The number of carbonyl (C=O) groups is 1. The van der Waals surface area contributed by atoms with Crippen molar-refractivity contribution < 1.29 is 9.90 Å². The lowest BCUT2D eigenvalue weighted by Crippen LogP contribution is -2.60. The molecule has 19 heavy (non-hydrogen) atoms. The third-order valence-electron chi connectivity index (χ3n) is 3.83. The van der Waals surface area contributed by atoms with Crippen molar-refractivity contribution in [2.75, 3.05) is 0 Å². The van der Waals surface area contributed by atoms with Crippen LogP contribution in [0.1, 0.15) is 25.8 Å². The van der Waals surface area contributed by atoms with E-state index in [1.165, 1.54) is 6.08 Å². The molecule has 2 unspecified atom stereocenters. The van der Waals surface area contributed by atoms with Crippen LogP contribution in [-0.2, 0) is 4.79 Å². The van der Waals surface area contributed by atoms with Crippen LogP contribution >= 0.6 is 11.6 Å². The van der Waals surface area contributed by atoms with E-state index in [-0.39, 0.29) is 23.5 Å². The molecule has 1 aliphatic carbocycles. The number of hydrogen-bond acceptors (Lipinski definition) is 2. The molecule has 1 aliphatic rings. The van der Waals surface area contributed by atoms with Gasteiger partial charge in [0.15, 0.2) is 0 Å². The van der Waals surface area contributed by atoms with Gasteiger partial charge in [-0.15, -0.1) is 0 Å². The van der Waals surface area contributed by atoms with E-state index in [1.807, 2.05) is 26.0 Å². The molecule has 2 rings (SSSR count). The minimum atomic E-state index is -0.335. The fraction of sp³-hybridized carbons (Fsp3) is 0.400. The normalized spacial score (nSPS) is 25.1. The van der Waals surface area contributed by atoms with Gasteiger partial charge in [-0.3, -0.25) is 4.79 Å². The lowest BCUT2D eigenvalue weighted by molar-refractivity contribution is -0.124. The van der Waals surface area contributed by atoms with Crippen molar-refractivity contribution >= 4 is 23.6 Å². The average molecular weight is 280 g/mol. The minimum Gasteiger partial charge on any atom is -0.392 e. The van der Waals surface area contributed by atoms with Crippen LogP contribution in [0.5, 0.6) is 0 Å². The molecule has 0 saturated heterocycles. The van der Waals surface area contributed by atoms with Crippen LogP contribution in [0.3, 0.4) is 0 Å². The van der Waals surface area contributed by atoms with Crippen LogP contribution in [0.15, 0.2) is 30.3 Å². The monoisotopic (exact) mass is 279 g/mol. The molecule has 102 valence electrons. The number of aliphatic hydroxyl groups is 1. The summed E-state index contributed by atoms with van der Waals surface area (Å²) in [6.45, 7) is 3.91. The Hall–Kier alpha value is -1.32. The summed E-state index contributed by atoms with van der Waals surface area (Å²) in [5.41, 5.74) is 0.677. The first-order valence-corrected chi connectivity index (χ1v) is 6.69. The molecule has 0 heterocycles. The highest BCUT2D eigenvalue weighted by molar-refractivity contribution is 6.30. The van der Waals surface area contributed by atoms with E-state index in [9.17, 15) is 9.90 Å². The number of hydrogen-bond donors (Lipinski definition) is 2. The number of halogens is 1. The summed E-state index contributed by atoms with van der Waals surface area (Å²) in [6.07, 6.45) is 3.53. The molecule has 0 spiro atoms. The van der Waals surface area contributed by atoms with Crippen LogP contribution in [0.4, 0.5) is 0 Å². The van der Waals surface area contributed by atoms with Crippen LogP contribution in [-0.4, -0.2) is 23.2 Å². The van der Waals surface area contributed by atoms with E-state index in [4.69, 9.17) is 11.6 Å². The number of amides is 1. The minimum absolute atomic E-state index is 0.0323. The van der Waals surface area contributed by atoms with Crippen LogP contribution in [0.2, 0.25) is 5.02 Å². The van der Waals surface area contributed by atoms with Gasteiger partial charge in [-0.05, 0) is 30.2 Å². The van der Waals surface area contributed by atoms with E-state index in [0.717, 1.165) is 5.56 Å². The number of carbonyl (C=O) groups excluding carboxylic acids is 1. The third kappa shape index (κ3) is 3.17. The van der Waals surface area contributed by atoms with Crippen LogP contribution in [0, 0.1) is 5.41 Å². The smallest absolute Gasteiger partial charge is 0.244 e. The predicted molar refractivity (Wildman–Crippen MR) is 76.8 cm³/mol. The lowest BCUT2D eigenvalue weighted by atomic mass is 9.64. The Balaban J connectivity index is 1.90. The zero-order chi connectivity index (χ0) is 14.0. The molecule has 1 saturated carbocycles. The van der Waals surface area contributed by atoms with Gasteiger partial charge in [0.25, 0.3) is 0 Å². The summed E-state index contributed by atoms with van der Waals surface area (Å²) in [5, 5.41) is 13.2. The number of rotatable bonds is 3. The maximum Gasteiger partial charge on any atom is 0.244 e. The molecule has 3 nitrogen and oxygen atoms in total. The first kappa shape index (κ1) is 14.1. The van der Waals surface area contributed by atoms with Crippen LogP contribution in [0.25, 0.3) is 6.08 Å². The van der Waals surface area contributed by atoms with E-state index in [2.05, 4.69) is 5.32 Å². The van der Waals surface area contributed by atoms with E-state index in [0.29, 0.717) is 11.4 Å².